The van der Waals surface area contributed by atoms with Crippen molar-refractivity contribution in [2.75, 3.05) is 4.90 Å². The van der Waals surface area contributed by atoms with Gasteiger partial charge in [-0.25, -0.2) is 4.79 Å². The van der Waals surface area contributed by atoms with Gasteiger partial charge < -0.3 is 4.74 Å². The summed E-state index contributed by atoms with van der Waals surface area (Å²) >= 11 is 0. The average molecular weight is 408 g/mol. The van der Waals surface area contributed by atoms with Gasteiger partial charge >= 0.3 is 5.97 Å². The maximum absolute atomic E-state index is 12.8. The van der Waals surface area contributed by atoms with E-state index in [1.807, 2.05) is 0 Å². The number of carbonyl (C=O) groups excluding carboxylic acids is 3. The number of nitro benzene ring substituents is 1. The van der Waals surface area contributed by atoms with Gasteiger partial charge in [-0.3, -0.25) is 24.6 Å². The molecule has 1 aliphatic carbocycles. The van der Waals surface area contributed by atoms with Crippen LogP contribution in [0.5, 0.6) is 5.75 Å². The first-order valence-electron chi connectivity index (χ1n) is 9.79. The molecular formula is C22H20N2O6. The standard InChI is InChI=1S/C22H20N2O6/c1-13-2-11-18-19(12-13)21(26)23(20(18)25)15-5-3-14(4-6-15)22(27)30-17-9-7-16(8-10-17)24(28)29/h3-10,13,18-19H,2,11-12H2,1H3. The van der Waals surface area contributed by atoms with Crippen LogP contribution in [-0.4, -0.2) is 22.7 Å². The van der Waals surface area contributed by atoms with Crippen LogP contribution in [-0.2, 0) is 9.59 Å². The maximum atomic E-state index is 12.8. The van der Waals surface area contributed by atoms with E-state index in [-0.39, 0.29) is 40.7 Å². The molecule has 30 heavy (non-hydrogen) atoms. The molecule has 2 aromatic carbocycles. The van der Waals surface area contributed by atoms with Gasteiger partial charge in [-0.1, -0.05) is 6.92 Å². The van der Waals surface area contributed by atoms with Crippen LogP contribution in [0.1, 0.15) is 36.5 Å². The lowest BCUT2D eigenvalue weighted by Gasteiger charge is -2.25. The monoisotopic (exact) mass is 408 g/mol. The average Bonchev–Trinajstić information content (AvgIpc) is 2.98. The molecule has 2 aromatic rings. The van der Waals surface area contributed by atoms with Crippen LogP contribution in [0, 0.1) is 27.9 Å². The van der Waals surface area contributed by atoms with Crippen LogP contribution in [0.15, 0.2) is 48.5 Å². The van der Waals surface area contributed by atoms with Crippen LogP contribution < -0.4 is 9.64 Å². The number of hydrogen-bond acceptors (Lipinski definition) is 6. The van der Waals surface area contributed by atoms with Gasteiger partial charge in [0.2, 0.25) is 11.8 Å². The number of fused-ring (bicyclic) bond motifs is 1. The van der Waals surface area contributed by atoms with Crippen LogP contribution in [0.3, 0.4) is 0 Å². The fourth-order valence-corrected chi connectivity index (χ4v) is 4.19. The normalized spacial score (nSPS) is 23.2. The summed E-state index contributed by atoms with van der Waals surface area (Å²) < 4.78 is 5.22. The summed E-state index contributed by atoms with van der Waals surface area (Å²) in [6.07, 6.45) is 2.40. The van der Waals surface area contributed by atoms with Crippen molar-refractivity contribution in [3.05, 3.63) is 64.2 Å². The molecule has 3 atom stereocenters. The van der Waals surface area contributed by atoms with Crippen molar-refractivity contribution in [1.29, 1.82) is 0 Å². The Morgan fingerprint density at radius 1 is 1.00 bits per heavy atom. The summed E-state index contributed by atoms with van der Waals surface area (Å²) in [7, 11) is 0. The van der Waals surface area contributed by atoms with Gasteiger partial charge in [0.05, 0.1) is 28.0 Å². The minimum Gasteiger partial charge on any atom is -0.423 e. The molecule has 4 rings (SSSR count). The van der Waals surface area contributed by atoms with Crippen molar-refractivity contribution >= 4 is 29.2 Å². The molecule has 8 heteroatoms. The van der Waals surface area contributed by atoms with Crippen molar-refractivity contribution in [2.45, 2.75) is 26.2 Å². The third-order valence-electron chi connectivity index (χ3n) is 5.81. The quantitative estimate of drug-likeness (QED) is 0.251. The molecule has 2 aliphatic rings. The van der Waals surface area contributed by atoms with Crippen LogP contribution in [0.4, 0.5) is 11.4 Å². The predicted octanol–water partition coefficient (Wildman–Crippen LogP) is 3.74. The molecule has 2 fully saturated rings. The number of anilines is 1. The summed E-state index contributed by atoms with van der Waals surface area (Å²) in [5, 5.41) is 10.7. The number of esters is 1. The Bertz CT molecular complexity index is 1010. The highest BCUT2D eigenvalue weighted by Crippen LogP contribution is 2.42. The van der Waals surface area contributed by atoms with Crippen LogP contribution in [0.2, 0.25) is 0 Å². The second-order valence-corrected chi connectivity index (χ2v) is 7.83. The topological polar surface area (TPSA) is 107 Å². The lowest BCUT2D eigenvalue weighted by molar-refractivity contribution is -0.384. The molecule has 1 saturated heterocycles. The number of amides is 2. The number of nitrogens with zero attached hydrogens (tertiary/aromatic N) is 2. The van der Waals surface area contributed by atoms with Gasteiger partial charge in [-0.2, -0.15) is 0 Å². The van der Waals surface area contributed by atoms with Gasteiger partial charge in [-0.05, 0) is 61.6 Å². The Morgan fingerprint density at radius 2 is 1.63 bits per heavy atom. The van der Waals surface area contributed by atoms with Gasteiger partial charge in [0.25, 0.3) is 5.69 Å². The van der Waals surface area contributed by atoms with Crippen molar-refractivity contribution < 1.29 is 24.0 Å². The molecule has 1 aliphatic heterocycles. The van der Waals surface area contributed by atoms with Crippen molar-refractivity contribution in [1.82, 2.24) is 0 Å². The van der Waals surface area contributed by atoms with Gasteiger partial charge in [0, 0.05) is 12.1 Å². The number of imide groups is 1. The van der Waals surface area contributed by atoms with Crippen molar-refractivity contribution in [3.63, 3.8) is 0 Å². The van der Waals surface area contributed by atoms with E-state index in [1.165, 1.54) is 41.3 Å². The third kappa shape index (κ3) is 3.56. The number of nitro groups is 1. The summed E-state index contributed by atoms with van der Waals surface area (Å²) in [6.45, 7) is 2.10. The molecule has 0 N–H and O–H groups in total. The second-order valence-electron chi connectivity index (χ2n) is 7.83. The maximum Gasteiger partial charge on any atom is 0.343 e. The van der Waals surface area contributed by atoms with Crippen molar-refractivity contribution in [2.24, 2.45) is 17.8 Å². The van der Waals surface area contributed by atoms with Gasteiger partial charge in [0.1, 0.15) is 5.75 Å². The van der Waals surface area contributed by atoms with E-state index in [9.17, 15) is 24.5 Å². The molecule has 1 heterocycles. The fourth-order valence-electron chi connectivity index (χ4n) is 4.19. The summed E-state index contributed by atoms with van der Waals surface area (Å²) in [4.78, 5) is 49.3. The number of hydrogen-bond donors (Lipinski definition) is 0. The van der Waals surface area contributed by atoms with E-state index >= 15 is 0 Å². The Labute approximate surface area is 172 Å². The van der Waals surface area contributed by atoms with Crippen LogP contribution in [0.25, 0.3) is 0 Å². The second kappa shape index (κ2) is 7.70. The Morgan fingerprint density at radius 3 is 2.27 bits per heavy atom. The Kier molecular flexibility index (Phi) is 5.07. The molecule has 0 aromatic heterocycles. The number of carbonyl (C=O) groups is 3. The number of ether oxygens (including phenoxy) is 1. The fraction of sp³-hybridized carbons (Fsp3) is 0.318. The Hall–Kier alpha value is -3.55. The molecule has 1 saturated carbocycles. The zero-order chi connectivity index (χ0) is 21.4. The lowest BCUT2D eigenvalue weighted by Crippen LogP contribution is -2.30. The van der Waals surface area contributed by atoms with E-state index in [0.717, 1.165) is 19.3 Å². The third-order valence-corrected chi connectivity index (χ3v) is 5.81. The first-order valence-corrected chi connectivity index (χ1v) is 9.79. The SMILES string of the molecule is CC1CCC2C(=O)N(c3ccc(C(=O)Oc4ccc([N+](=O)[O-])cc4)cc3)C(=O)C2C1. The van der Waals surface area contributed by atoms with E-state index < -0.39 is 10.9 Å². The van der Waals surface area contributed by atoms with Crippen molar-refractivity contribution in [3.8, 4) is 5.75 Å². The first kappa shape index (κ1) is 19.8. The first-order chi connectivity index (χ1) is 14.3. The molecular weight excluding hydrogens is 388 g/mol. The Balaban J connectivity index is 1.47. The number of non-ortho nitro benzene ring substituents is 1. The summed E-state index contributed by atoms with van der Waals surface area (Å²) in [6, 6.07) is 11.3. The molecule has 2 amide bonds. The molecule has 154 valence electrons. The predicted molar refractivity (Wildman–Crippen MR) is 107 cm³/mol. The number of benzene rings is 2. The zero-order valence-corrected chi connectivity index (χ0v) is 16.3. The zero-order valence-electron chi connectivity index (χ0n) is 16.3. The molecule has 3 unspecified atom stereocenters. The molecule has 0 spiro atoms. The summed E-state index contributed by atoms with van der Waals surface area (Å²) in [5.41, 5.74) is 0.579. The molecule has 0 bridgehead atoms. The van der Waals surface area contributed by atoms with Gasteiger partial charge in [0.15, 0.2) is 0 Å². The van der Waals surface area contributed by atoms with E-state index in [0.29, 0.717) is 11.6 Å². The van der Waals surface area contributed by atoms with Crippen LogP contribution >= 0.6 is 0 Å². The highest BCUT2D eigenvalue weighted by atomic mass is 16.6. The summed E-state index contributed by atoms with van der Waals surface area (Å²) in [5.74, 6) is -0.876. The smallest absolute Gasteiger partial charge is 0.343 e. The minimum atomic E-state index is -0.642. The van der Waals surface area contributed by atoms with E-state index in [4.69, 9.17) is 4.74 Å². The largest absolute Gasteiger partial charge is 0.423 e. The van der Waals surface area contributed by atoms with Gasteiger partial charge in [-0.15, -0.1) is 0 Å². The minimum absolute atomic E-state index is 0.103. The highest BCUT2D eigenvalue weighted by Gasteiger charge is 2.49. The highest BCUT2D eigenvalue weighted by molar-refractivity contribution is 6.22. The molecule has 8 nitrogen and oxygen atoms in total. The molecule has 0 radical (unpaired) electrons. The number of rotatable bonds is 4. The van der Waals surface area contributed by atoms with E-state index in [1.54, 1.807) is 12.1 Å². The van der Waals surface area contributed by atoms with E-state index in [2.05, 4.69) is 6.92 Å². The lowest BCUT2D eigenvalue weighted by atomic mass is 9.76.